The van der Waals surface area contributed by atoms with Crippen LogP contribution in [-0.2, 0) is 0 Å². The maximum Gasteiger partial charge on any atom is 3.00 e. The van der Waals surface area contributed by atoms with Crippen molar-refractivity contribution in [3.05, 3.63) is 0 Å². The molecule has 3 aliphatic rings. The van der Waals surface area contributed by atoms with Crippen molar-refractivity contribution in [2.45, 2.75) is 113 Å². The summed E-state index contributed by atoms with van der Waals surface area (Å²) in [5.41, 5.74) is 0. The second kappa shape index (κ2) is 12.1. The average molecular weight is 420 g/mol. The predicted octanol–water partition coefficient (Wildman–Crippen LogP) is -3.47. The van der Waals surface area contributed by atoms with E-state index in [1.165, 1.54) is 0 Å². The van der Waals surface area contributed by atoms with Gasteiger partial charge in [0.15, 0.2) is 17.4 Å². The van der Waals surface area contributed by atoms with Gasteiger partial charge < -0.3 is 46.0 Å². The van der Waals surface area contributed by atoms with Crippen LogP contribution in [-0.4, -0.2) is 83.7 Å². The number of rotatable bonds is 0. The van der Waals surface area contributed by atoms with E-state index in [0.717, 1.165) is 0 Å². The van der Waals surface area contributed by atoms with E-state index in [4.69, 9.17) is 30.6 Å². The van der Waals surface area contributed by atoms with Crippen molar-refractivity contribution in [1.29, 1.82) is 0 Å². The van der Waals surface area contributed by atoms with E-state index < -0.39 is 35.7 Å². The van der Waals surface area contributed by atoms with E-state index in [2.05, 4.69) is 0 Å². The minimum absolute atomic E-state index is 0. The zero-order valence-electron chi connectivity index (χ0n) is 16.2. The molecule has 6 N–H and O–H groups in total. The van der Waals surface area contributed by atoms with Crippen LogP contribution < -0.4 is 15.3 Å². The van der Waals surface area contributed by atoms with E-state index in [9.17, 15) is 15.3 Å². The summed E-state index contributed by atoms with van der Waals surface area (Å²) in [6.45, 7) is 0. The molecular weight excluding hydrogens is 387 g/mol. The third kappa shape index (κ3) is 12.7. The number of hydrogen-bond acceptors (Lipinski definition) is 9. The van der Waals surface area contributed by atoms with E-state index in [-0.39, 0.29) is 55.9 Å². The Morgan fingerprint density at radius 3 is 0.679 bits per heavy atom. The molecule has 28 heavy (non-hydrogen) atoms. The van der Waals surface area contributed by atoms with Crippen molar-refractivity contribution in [1.82, 2.24) is 0 Å². The normalized spacial score (nSPS) is 27.3. The first-order valence-corrected chi connectivity index (χ1v) is 9.62. The second-order valence-corrected chi connectivity index (χ2v) is 8.05. The van der Waals surface area contributed by atoms with E-state index in [1.807, 2.05) is 0 Å². The van der Waals surface area contributed by atoms with Gasteiger partial charge in [-0.25, -0.2) is 0 Å². The van der Waals surface area contributed by atoms with Crippen LogP contribution in [0.3, 0.4) is 0 Å². The SMILES string of the molecule is [Al+3].[O-]C1CCC(O)(O)CC1.[O-]C1CCC(O)(O)CC1.[O-]C1CCC(O)(O)CC1. The zero-order chi connectivity index (χ0) is 20.7. The Bertz CT molecular complexity index is 339. The molecule has 0 unspecified atom stereocenters. The third-order valence-corrected chi connectivity index (χ3v) is 5.20. The van der Waals surface area contributed by atoms with Gasteiger partial charge >= 0.3 is 17.4 Å². The summed E-state index contributed by atoms with van der Waals surface area (Å²) in [5.74, 6) is -4.62. The Morgan fingerprint density at radius 1 is 0.429 bits per heavy atom. The average Bonchev–Trinajstić information content (AvgIpc) is 2.57. The van der Waals surface area contributed by atoms with Gasteiger partial charge in [0.05, 0.1) is 0 Å². The molecule has 3 aliphatic carbocycles. The summed E-state index contributed by atoms with van der Waals surface area (Å²) in [5, 5.41) is 85.3. The van der Waals surface area contributed by atoms with Gasteiger partial charge in [0.25, 0.3) is 0 Å². The first-order valence-electron chi connectivity index (χ1n) is 9.62. The molecular formula is C18H33AlO9. The Hall–Kier alpha value is 0.172. The molecule has 0 spiro atoms. The molecule has 3 fully saturated rings. The Morgan fingerprint density at radius 2 is 0.571 bits per heavy atom. The minimum Gasteiger partial charge on any atom is -0.852 e. The van der Waals surface area contributed by atoms with Gasteiger partial charge in [-0.2, -0.15) is 0 Å². The van der Waals surface area contributed by atoms with Crippen molar-refractivity contribution in [3.63, 3.8) is 0 Å². The molecule has 3 rings (SSSR count). The predicted molar refractivity (Wildman–Crippen MR) is 94.0 cm³/mol. The maximum atomic E-state index is 10.6. The molecule has 9 nitrogen and oxygen atoms in total. The Balaban J connectivity index is 0.000000384. The summed E-state index contributed by atoms with van der Waals surface area (Å²) in [4.78, 5) is 0. The van der Waals surface area contributed by atoms with Crippen molar-refractivity contribution in [2.24, 2.45) is 0 Å². The van der Waals surface area contributed by atoms with E-state index in [0.29, 0.717) is 38.5 Å². The first kappa shape index (κ1) is 28.2. The topological polar surface area (TPSA) is 191 Å². The molecule has 162 valence electrons. The minimum atomic E-state index is -1.54. The molecule has 0 amide bonds. The van der Waals surface area contributed by atoms with Crippen LogP contribution in [0.4, 0.5) is 0 Å². The molecule has 0 aromatic rings. The van der Waals surface area contributed by atoms with Gasteiger partial charge in [-0.1, -0.05) is 38.5 Å². The van der Waals surface area contributed by atoms with Crippen molar-refractivity contribution in [2.75, 3.05) is 0 Å². The summed E-state index contributed by atoms with van der Waals surface area (Å²) >= 11 is 0. The summed E-state index contributed by atoms with van der Waals surface area (Å²) in [6.07, 6.45) is 2.08. The fraction of sp³-hybridized carbons (Fsp3) is 1.00. The molecule has 0 radical (unpaired) electrons. The molecule has 0 atom stereocenters. The van der Waals surface area contributed by atoms with E-state index in [1.54, 1.807) is 0 Å². The van der Waals surface area contributed by atoms with Crippen LogP contribution in [0, 0.1) is 0 Å². The molecule has 0 aliphatic heterocycles. The van der Waals surface area contributed by atoms with Gasteiger partial charge in [-0.15, -0.1) is 18.3 Å². The van der Waals surface area contributed by atoms with Crippen molar-refractivity contribution < 1.29 is 46.0 Å². The maximum absolute atomic E-state index is 10.6. The first-order chi connectivity index (χ1) is 12.3. The van der Waals surface area contributed by atoms with Crippen molar-refractivity contribution >= 4 is 17.4 Å². The third-order valence-electron chi connectivity index (χ3n) is 5.20. The van der Waals surface area contributed by atoms with Crippen LogP contribution in [0.2, 0.25) is 0 Å². The fourth-order valence-corrected chi connectivity index (χ4v) is 3.16. The number of hydrogen-bond donors (Lipinski definition) is 6. The smallest absolute Gasteiger partial charge is 0.852 e. The fourth-order valence-electron chi connectivity index (χ4n) is 3.16. The monoisotopic (exact) mass is 420 g/mol. The Labute approximate surface area is 176 Å². The molecule has 0 aromatic carbocycles. The van der Waals surface area contributed by atoms with Crippen LogP contribution in [0.15, 0.2) is 0 Å². The summed E-state index contributed by atoms with van der Waals surface area (Å²) < 4.78 is 0. The van der Waals surface area contributed by atoms with Crippen LogP contribution in [0.25, 0.3) is 0 Å². The van der Waals surface area contributed by atoms with Gasteiger partial charge in [0.1, 0.15) is 0 Å². The molecule has 0 bridgehead atoms. The molecule has 10 heteroatoms. The molecule has 0 heterocycles. The zero-order valence-corrected chi connectivity index (χ0v) is 17.4. The Kier molecular flexibility index (Phi) is 12.2. The quantitative estimate of drug-likeness (QED) is 0.171. The van der Waals surface area contributed by atoms with E-state index >= 15 is 0 Å². The van der Waals surface area contributed by atoms with Gasteiger partial charge in [0, 0.05) is 0 Å². The second-order valence-electron chi connectivity index (χ2n) is 8.05. The van der Waals surface area contributed by atoms with Crippen LogP contribution in [0.5, 0.6) is 0 Å². The van der Waals surface area contributed by atoms with Crippen LogP contribution >= 0.6 is 0 Å². The summed E-state index contributed by atoms with van der Waals surface area (Å²) in [6, 6.07) is 0. The largest absolute Gasteiger partial charge is 3.00 e. The summed E-state index contributed by atoms with van der Waals surface area (Å²) in [7, 11) is 0. The van der Waals surface area contributed by atoms with Gasteiger partial charge in [0.2, 0.25) is 0 Å². The van der Waals surface area contributed by atoms with Crippen molar-refractivity contribution in [3.8, 4) is 0 Å². The number of aliphatic hydroxyl groups is 6. The molecule has 3 saturated carbocycles. The molecule has 0 saturated heterocycles. The standard InChI is InChI=1S/3C6H11O3.Al/c3*7-5-1-3-6(8,9)4-2-5;/h3*5,8-9H,1-4H2;/q3*-1;+3. The van der Waals surface area contributed by atoms with Crippen LogP contribution in [0.1, 0.15) is 77.0 Å². The molecule has 0 aromatic heterocycles. The van der Waals surface area contributed by atoms with Gasteiger partial charge in [-0.05, 0) is 38.5 Å². The van der Waals surface area contributed by atoms with Gasteiger partial charge in [-0.3, -0.25) is 0 Å².